The Hall–Kier alpha value is -1.73. The molecule has 1 N–H and O–H groups in total. The minimum absolute atomic E-state index is 0. The monoisotopic (exact) mass is 465 g/mol. The Morgan fingerprint density at radius 2 is 1.61 bits per heavy atom. The van der Waals surface area contributed by atoms with Crippen LogP contribution in [0.3, 0.4) is 0 Å². The minimum atomic E-state index is -0.171. The average Bonchev–Trinajstić information content (AvgIpc) is 3.17. The number of likely N-dealkylation sites (tertiary alicyclic amines) is 1. The smallest absolute Gasteiger partial charge is 0.253 e. The van der Waals surface area contributed by atoms with Gasteiger partial charge in [0.05, 0.1) is 13.3 Å². The molecule has 3 amide bonds. The third-order valence-electron chi connectivity index (χ3n) is 6.82. The molecule has 7 nitrogen and oxygen atoms in total. The molecule has 7 heteroatoms. The Bertz CT molecular complexity index is 612. The van der Waals surface area contributed by atoms with Crippen LogP contribution in [0.2, 0.25) is 0 Å². The minimum Gasteiger partial charge on any atom is -0.366 e. The summed E-state index contributed by atoms with van der Waals surface area (Å²) in [6.07, 6.45) is 14.4. The van der Waals surface area contributed by atoms with Crippen LogP contribution < -0.4 is 5.32 Å². The lowest BCUT2D eigenvalue weighted by molar-refractivity contribution is -0.138. The second-order valence-electron chi connectivity index (χ2n) is 9.27. The zero-order valence-corrected chi connectivity index (χ0v) is 20.9. The number of amides is 3. The number of imide groups is 1. The van der Waals surface area contributed by atoms with E-state index in [1.807, 2.05) is 18.7 Å². The molecule has 0 unspecified atom stereocenters. The van der Waals surface area contributed by atoms with Crippen LogP contribution in [0.15, 0.2) is 12.2 Å². The zero-order valence-electron chi connectivity index (χ0n) is 20.9. The molecule has 0 radical (unpaired) electrons. The largest absolute Gasteiger partial charge is 0.366 e. The fourth-order valence-electron chi connectivity index (χ4n) is 4.82. The third-order valence-corrected chi connectivity index (χ3v) is 6.82. The second kappa shape index (κ2) is 16.0. The first-order valence-corrected chi connectivity index (χ1v) is 13.2. The van der Waals surface area contributed by atoms with Crippen molar-refractivity contribution in [3.05, 3.63) is 12.2 Å². The summed E-state index contributed by atoms with van der Waals surface area (Å²) in [6.45, 7) is 8.74. The predicted octanol–water partition coefficient (Wildman–Crippen LogP) is 4.13. The molecular weight excluding hydrogens is 418 g/mol. The maximum atomic E-state index is 12.1. The van der Waals surface area contributed by atoms with Gasteiger partial charge in [0.25, 0.3) is 11.8 Å². The molecule has 33 heavy (non-hydrogen) atoms. The number of hydrogen-bond donors (Lipinski definition) is 1. The van der Waals surface area contributed by atoms with Crippen molar-refractivity contribution in [1.29, 1.82) is 0 Å². The highest BCUT2D eigenvalue weighted by Gasteiger charge is 2.29. The van der Waals surface area contributed by atoms with Crippen LogP contribution in [0.4, 0.5) is 0 Å². The van der Waals surface area contributed by atoms with Crippen LogP contribution in [0.25, 0.3) is 0 Å². The highest BCUT2D eigenvalue weighted by molar-refractivity contribution is 6.12. The number of carbonyl (C=O) groups is 3. The molecule has 0 bridgehead atoms. The van der Waals surface area contributed by atoms with Gasteiger partial charge in [-0.1, -0.05) is 20.3 Å². The molecule has 3 aliphatic rings. The van der Waals surface area contributed by atoms with Crippen molar-refractivity contribution < 1.29 is 20.5 Å². The van der Waals surface area contributed by atoms with Gasteiger partial charge in [0, 0.05) is 39.6 Å². The number of ether oxygens (including phenoxy) is 1. The second-order valence-corrected chi connectivity index (χ2v) is 9.27. The first-order valence-electron chi connectivity index (χ1n) is 13.2. The third kappa shape index (κ3) is 9.97. The Morgan fingerprint density at radius 3 is 2.27 bits per heavy atom. The van der Waals surface area contributed by atoms with Crippen LogP contribution in [0.1, 0.15) is 85.9 Å². The van der Waals surface area contributed by atoms with Crippen molar-refractivity contribution in [2.45, 2.75) is 84.5 Å². The lowest BCUT2D eigenvalue weighted by atomic mass is 9.82. The Balaban J connectivity index is 0.00000188. The maximum Gasteiger partial charge on any atom is 0.253 e. The Kier molecular flexibility index (Phi) is 13.3. The van der Waals surface area contributed by atoms with E-state index < -0.39 is 0 Å². The molecule has 1 saturated heterocycles. The van der Waals surface area contributed by atoms with Crippen molar-refractivity contribution >= 4 is 17.7 Å². The number of unbranched alkanes of at least 4 members (excludes halogenated alkanes) is 2. The van der Waals surface area contributed by atoms with E-state index in [4.69, 9.17) is 4.74 Å². The standard InChI is InChI=1S/C24H39N3O4.C2H6.H2/c28-22(26-15-5-2-6-16-26)7-3-1-4-14-25-19-31-18-21-10-8-20(9-11-21)17-27-23(29)12-13-24(27)30;1-2;/h12-13,20-21,25H,1-11,14-19H2;1-2H3;1H. The maximum absolute atomic E-state index is 12.1. The molecule has 1 aliphatic carbocycles. The van der Waals surface area contributed by atoms with Gasteiger partial charge in [0.1, 0.15) is 0 Å². The van der Waals surface area contributed by atoms with Gasteiger partial charge in [-0.2, -0.15) is 0 Å². The molecule has 0 spiro atoms. The molecule has 0 atom stereocenters. The first kappa shape index (κ1) is 27.5. The van der Waals surface area contributed by atoms with Gasteiger partial charge < -0.3 is 9.64 Å². The van der Waals surface area contributed by atoms with Gasteiger partial charge >= 0.3 is 0 Å². The van der Waals surface area contributed by atoms with Crippen molar-refractivity contribution in [1.82, 2.24) is 15.1 Å². The van der Waals surface area contributed by atoms with Crippen molar-refractivity contribution in [3.63, 3.8) is 0 Å². The molecule has 2 fully saturated rings. The van der Waals surface area contributed by atoms with E-state index in [9.17, 15) is 14.4 Å². The SMILES string of the molecule is CC.O=C(CCCCCNCOCC1CCC(CN2C(=O)C=CC2=O)CC1)N1CCCCC1.[HH]. The molecule has 1 saturated carbocycles. The summed E-state index contributed by atoms with van der Waals surface area (Å²) in [7, 11) is 0. The fourth-order valence-corrected chi connectivity index (χ4v) is 4.82. The number of nitrogens with one attached hydrogen (secondary N) is 1. The lowest BCUT2D eigenvalue weighted by Crippen LogP contribution is -2.36. The van der Waals surface area contributed by atoms with E-state index >= 15 is 0 Å². The number of hydrogen-bond acceptors (Lipinski definition) is 5. The van der Waals surface area contributed by atoms with Crippen LogP contribution in [-0.2, 0) is 19.1 Å². The summed E-state index contributed by atoms with van der Waals surface area (Å²) >= 11 is 0. The lowest BCUT2D eigenvalue weighted by Gasteiger charge is -2.30. The fraction of sp³-hybridized carbons (Fsp3) is 0.808. The number of carbonyl (C=O) groups excluding carboxylic acids is 3. The summed E-state index contributed by atoms with van der Waals surface area (Å²) in [5, 5.41) is 3.34. The van der Waals surface area contributed by atoms with Gasteiger partial charge in [-0.3, -0.25) is 24.6 Å². The number of nitrogens with zero attached hydrogens (tertiary/aromatic N) is 2. The average molecular weight is 466 g/mol. The van der Waals surface area contributed by atoms with Crippen molar-refractivity contribution in [2.75, 3.05) is 39.5 Å². The van der Waals surface area contributed by atoms with Gasteiger partial charge in [0.2, 0.25) is 5.91 Å². The van der Waals surface area contributed by atoms with Crippen LogP contribution >= 0.6 is 0 Å². The zero-order chi connectivity index (χ0) is 23.9. The highest BCUT2D eigenvalue weighted by atomic mass is 16.5. The summed E-state index contributed by atoms with van der Waals surface area (Å²) < 4.78 is 5.80. The Labute approximate surface area is 201 Å². The summed E-state index contributed by atoms with van der Waals surface area (Å²) in [5.74, 6) is 0.984. The molecule has 2 aliphatic heterocycles. The van der Waals surface area contributed by atoms with E-state index in [1.54, 1.807) is 0 Å². The molecule has 0 aromatic carbocycles. The highest BCUT2D eigenvalue weighted by Crippen LogP contribution is 2.30. The van der Waals surface area contributed by atoms with Crippen LogP contribution in [-0.4, -0.2) is 67.0 Å². The van der Waals surface area contributed by atoms with Crippen molar-refractivity contribution in [2.24, 2.45) is 11.8 Å². The van der Waals surface area contributed by atoms with E-state index in [1.165, 1.54) is 23.5 Å². The summed E-state index contributed by atoms with van der Waals surface area (Å²) in [5.41, 5.74) is 0. The van der Waals surface area contributed by atoms with Crippen LogP contribution in [0, 0.1) is 11.8 Å². The summed E-state index contributed by atoms with van der Waals surface area (Å²) in [4.78, 5) is 38.9. The van der Waals surface area contributed by atoms with E-state index in [-0.39, 0.29) is 13.2 Å². The van der Waals surface area contributed by atoms with Gasteiger partial charge in [0.15, 0.2) is 0 Å². The van der Waals surface area contributed by atoms with E-state index in [0.29, 0.717) is 37.4 Å². The van der Waals surface area contributed by atoms with E-state index in [2.05, 4.69) is 5.32 Å². The first-order chi connectivity index (χ1) is 16.1. The predicted molar refractivity (Wildman–Crippen MR) is 132 cm³/mol. The molecule has 0 aromatic rings. The molecule has 0 aromatic heterocycles. The van der Waals surface area contributed by atoms with Gasteiger partial charge in [-0.25, -0.2) is 0 Å². The normalized spacial score (nSPS) is 23.0. The number of rotatable bonds is 12. The van der Waals surface area contributed by atoms with Gasteiger partial charge in [-0.15, -0.1) is 0 Å². The molecular formula is C26H47N3O4. The van der Waals surface area contributed by atoms with E-state index in [0.717, 1.165) is 84.0 Å². The molecule has 190 valence electrons. The van der Waals surface area contributed by atoms with Crippen molar-refractivity contribution in [3.8, 4) is 0 Å². The summed E-state index contributed by atoms with van der Waals surface area (Å²) in [6, 6.07) is 0. The Morgan fingerprint density at radius 1 is 0.970 bits per heavy atom. The van der Waals surface area contributed by atoms with Gasteiger partial charge in [-0.05, 0) is 76.2 Å². The topological polar surface area (TPSA) is 79.0 Å². The number of piperidine rings is 1. The van der Waals surface area contributed by atoms with Crippen LogP contribution in [0.5, 0.6) is 0 Å². The quantitative estimate of drug-likeness (QED) is 0.266. The molecule has 2 heterocycles. The molecule has 3 rings (SSSR count).